The fourth-order valence-corrected chi connectivity index (χ4v) is 2.65. The zero-order chi connectivity index (χ0) is 15.0. The summed E-state index contributed by atoms with van der Waals surface area (Å²) in [6.45, 7) is 0.449. The SMILES string of the molecule is NCCC1Cc2cc(F)cc(-c3cc(F)ccc3F)c2O1. The van der Waals surface area contributed by atoms with Crippen molar-refractivity contribution in [2.75, 3.05) is 6.54 Å². The summed E-state index contributed by atoms with van der Waals surface area (Å²) in [7, 11) is 0. The van der Waals surface area contributed by atoms with E-state index in [1.165, 1.54) is 12.1 Å². The monoisotopic (exact) mass is 293 g/mol. The van der Waals surface area contributed by atoms with Crippen molar-refractivity contribution in [3.05, 3.63) is 53.3 Å². The molecule has 0 saturated heterocycles. The predicted octanol–water partition coefficient (Wildman–Crippen LogP) is 3.42. The van der Waals surface area contributed by atoms with Crippen molar-refractivity contribution < 1.29 is 17.9 Å². The maximum atomic E-state index is 13.9. The van der Waals surface area contributed by atoms with E-state index in [0.717, 1.165) is 18.2 Å². The first-order valence-electron chi connectivity index (χ1n) is 6.73. The van der Waals surface area contributed by atoms with Crippen LogP contribution in [0.4, 0.5) is 13.2 Å². The van der Waals surface area contributed by atoms with Crippen LogP contribution >= 0.6 is 0 Å². The van der Waals surface area contributed by atoms with Gasteiger partial charge in [0, 0.05) is 23.1 Å². The molecule has 2 N–H and O–H groups in total. The van der Waals surface area contributed by atoms with Crippen LogP contribution in [0.2, 0.25) is 0 Å². The number of nitrogens with two attached hydrogens (primary N) is 1. The van der Waals surface area contributed by atoms with Crippen LogP contribution in [0.1, 0.15) is 12.0 Å². The van der Waals surface area contributed by atoms with Crippen LogP contribution in [0.15, 0.2) is 30.3 Å². The fourth-order valence-electron chi connectivity index (χ4n) is 2.65. The van der Waals surface area contributed by atoms with Gasteiger partial charge in [-0.2, -0.15) is 0 Å². The number of fused-ring (bicyclic) bond motifs is 1. The van der Waals surface area contributed by atoms with Gasteiger partial charge in [-0.05, 0) is 43.3 Å². The Labute approximate surface area is 120 Å². The highest BCUT2D eigenvalue weighted by Gasteiger charge is 2.27. The average molecular weight is 293 g/mol. The van der Waals surface area contributed by atoms with Gasteiger partial charge in [0.05, 0.1) is 0 Å². The number of hydrogen-bond donors (Lipinski definition) is 1. The lowest BCUT2D eigenvalue weighted by molar-refractivity contribution is 0.225. The third kappa shape index (κ3) is 2.61. The summed E-state index contributed by atoms with van der Waals surface area (Å²) < 4.78 is 46.8. The summed E-state index contributed by atoms with van der Waals surface area (Å²) in [6.07, 6.45) is 0.998. The van der Waals surface area contributed by atoms with Crippen LogP contribution in [-0.4, -0.2) is 12.6 Å². The third-order valence-electron chi connectivity index (χ3n) is 3.57. The lowest BCUT2D eigenvalue weighted by atomic mass is 9.99. The molecule has 0 aromatic heterocycles. The van der Waals surface area contributed by atoms with Crippen molar-refractivity contribution in [1.82, 2.24) is 0 Å². The molecule has 0 radical (unpaired) electrons. The second-order valence-electron chi connectivity index (χ2n) is 5.09. The number of halogens is 3. The van der Waals surface area contributed by atoms with Crippen molar-refractivity contribution in [3.63, 3.8) is 0 Å². The van der Waals surface area contributed by atoms with Gasteiger partial charge in [0.15, 0.2) is 0 Å². The average Bonchev–Trinajstić information content (AvgIpc) is 2.83. The molecule has 0 bridgehead atoms. The van der Waals surface area contributed by atoms with Gasteiger partial charge in [-0.3, -0.25) is 0 Å². The molecule has 1 atom stereocenters. The third-order valence-corrected chi connectivity index (χ3v) is 3.57. The van der Waals surface area contributed by atoms with Gasteiger partial charge in [-0.15, -0.1) is 0 Å². The lowest BCUT2D eigenvalue weighted by Crippen LogP contribution is -2.17. The lowest BCUT2D eigenvalue weighted by Gasteiger charge is -2.12. The van der Waals surface area contributed by atoms with Gasteiger partial charge in [0.1, 0.15) is 29.3 Å². The van der Waals surface area contributed by atoms with Crippen molar-refractivity contribution in [3.8, 4) is 16.9 Å². The Kier molecular flexibility index (Phi) is 3.59. The maximum Gasteiger partial charge on any atom is 0.131 e. The molecule has 1 aliphatic heterocycles. The molecule has 0 aliphatic carbocycles. The van der Waals surface area contributed by atoms with Crippen LogP contribution in [-0.2, 0) is 6.42 Å². The molecule has 0 amide bonds. The number of benzene rings is 2. The number of hydrogen-bond acceptors (Lipinski definition) is 2. The molecule has 0 fully saturated rings. The van der Waals surface area contributed by atoms with Crippen molar-refractivity contribution in [1.29, 1.82) is 0 Å². The first-order chi connectivity index (χ1) is 10.1. The molecular formula is C16H14F3NO. The Balaban J connectivity index is 2.11. The highest BCUT2D eigenvalue weighted by atomic mass is 19.1. The van der Waals surface area contributed by atoms with Gasteiger partial charge < -0.3 is 10.5 Å². The molecule has 1 heterocycles. The van der Waals surface area contributed by atoms with E-state index in [0.29, 0.717) is 30.7 Å². The Morgan fingerprint density at radius 2 is 1.81 bits per heavy atom. The van der Waals surface area contributed by atoms with Crippen LogP contribution in [0.5, 0.6) is 5.75 Å². The molecule has 1 aliphatic rings. The van der Waals surface area contributed by atoms with Crippen molar-refractivity contribution >= 4 is 0 Å². The van der Waals surface area contributed by atoms with Crippen LogP contribution in [0.25, 0.3) is 11.1 Å². The van der Waals surface area contributed by atoms with Gasteiger partial charge >= 0.3 is 0 Å². The molecule has 5 heteroatoms. The molecule has 21 heavy (non-hydrogen) atoms. The molecule has 110 valence electrons. The van der Waals surface area contributed by atoms with Crippen LogP contribution in [0.3, 0.4) is 0 Å². The van der Waals surface area contributed by atoms with E-state index in [-0.39, 0.29) is 17.2 Å². The minimum Gasteiger partial charge on any atom is -0.489 e. The first-order valence-corrected chi connectivity index (χ1v) is 6.73. The Morgan fingerprint density at radius 3 is 2.57 bits per heavy atom. The second kappa shape index (κ2) is 5.41. The molecule has 2 aromatic rings. The fraction of sp³-hybridized carbons (Fsp3) is 0.250. The molecule has 2 nitrogen and oxygen atoms in total. The van der Waals surface area contributed by atoms with Gasteiger partial charge in [-0.1, -0.05) is 0 Å². The van der Waals surface area contributed by atoms with E-state index < -0.39 is 17.5 Å². The van der Waals surface area contributed by atoms with E-state index >= 15 is 0 Å². The Bertz CT molecular complexity index is 687. The highest BCUT2D eigenvalue weighted by molar-refractivity contribution is 5.73. The molecule has 1 unspecified atom stereocenters. The van der Waals surface area contributed by atoms with Crippen LogP contribution in [0, 0.1) is 17.5 Å². The topological polar surface area (TPSA) is 35.2 Å². The van der Waals surface area contributed by atoms with Crippen molar-refractivity contribution in [2.24, 2.45) is 5.73 Å². The van der Waals surface area contributed by atoms with Crippen LogP contribution < -0.4 is 10.5 Å². The quantitative estimate of drug-likeness (QED) is 0.941. The van der Waals surface area contributed by atoms with E-state index in [2.05, 4.69) is 0 Å². The summed E-state index contributed by atoms with van der Waals surface area (Å²) >= 11 is 0. The summed E-state index contributed by atoms with van der Waals surface area (Å²) in [5.74, 6) is -1.28. The van der Waals surface area contributed by atoms with Gasteiger partial charge in [-0.25, -0.2) is 13.2 Å². The van der Waals surface area contributed by atoms with Crippen molar-refractivity contribution in [2.45, 2.75) is 18.9 Å². The Hall–Kier alpha value is -2.01. The summed E-state index contributed by atoms with van der Waals surface area (Å²) in [5.41, 5.74) is 6.40. The maximum absolute atomic E-state index is 13.9. The number of rotatable bonds is 3. The van der Waals surface area contributed by atoms with Gasteiger partial charge in [0.2, 0.25) is 0 Å². The smallest absolute Gasteiger partial charge is 0.131 e. The van der Waals surface area contributed by atoms with E-state index in [1.54, 1.807) is 0 Å². The number of ether oxygens (including phenoxy) is 1. The van der Waals surface area contributed by atoms with Gasteiger partial charge in [0.25, 0.3) is 0 Å². The molecular weight excluding hydrogens is 279 g/mol. The molecule has 3 rings (SSSR count). The minimum atomic E-state index is -0.616. The predicted molar refractivity (Wildman–Crippen MR) is 73.5 cm³/mol. The highest BCUT2D eigenvalue weighted by Crippen LogP contribution is 2.41. The first kappa shape index (κ1) is 13.9. The zero-order valence-corrected chi connectivity index (χ0v) is 11.2. The zero-order valence-electron chi connectivity index (χ0n) is 11.2. The summed E-state index contributed by atoms with van der Waals surface area (Å²) in [4.78, 5) is 0. The van der Waals surface area contributed by atoms with E-state index in [1.807, 2.05) is 0 Å². The minimum absolute atomic E-state index is 0.000788. The summed E-state index contributed by atoms with van der Waals surface area (Å²) in [6, 6.07) is 5.63. The molecule has 0 spiro atoms. The van der Waals surface area contributed by atoms with E-state index in [9.17, 15) is 13.2 Å². The molecule has 2 aromatic carbocycles. The standard InChI is InChI=1S/C16H14F3NO/c17-10-1-2-15(19)13(7-10)14-8-11(18)5-9-6-12(3-4-20)21-16(9)14/h1-2,5,7-8,12H,3-4,6,20H2. The Morgan fingerprint density at radius 1 is 1.05 bits per heavy atom. The van der Waals surface area contributed by atoms with E-state index in [4.69, 9.17) is 10.5 Å². The second-order valence-corrected chi connectivity index (χ2v) is 5.09. The summed E-state index contributed by atoms with van der Waals surface area (Å²) in [5, 5.41) is 0. The largest absolute Gasteiger partial charge is 0.489 e. The molecule has 0 saturated carbocycles. The normalized spacial score (nSPS) is 16.7.